The molecule has 0 atom stereocenters. The number of amides is 1. The lowest BCUT2D eigenvalue weighted by Gasteiger charge is -2.24. The number of carbonyl (C=O) groups excluding carboxylic acids is 1. The highest BCUT2D eigenvalue weighted by molar-refractivity contribution is 5.72. The highest BCUT2D eigenvalue weighted by Gasteiger charge is 2.21. The molecule has 2 aromatic rings. The Hall–Kier alpha value is -2.23. The lowest BCUT2D eigenvalue weighted by Crippen LogP contribution is -2.27. The number of carbonyl (C=O) groups is 1. The van der Waals surface area contributed by atoms with Gasteiger partial charge in [-0.1, -0.05) is 62.4 Å². The van der Waals surface area contributed by atoms with E-state index in [9.17, 15) is 4.79 Å². The average Bonchev–Trinajstić information content (AvgIpc) is 2.99. The van der Waals surface area contributed by atoms with Crippen molar-refractivity contribution < 1.29 is 9.53 Å². The molecule has 1 aliphatic rings. The van der Waals surface area contributed by atoms with E-state index < -0.39 is 0 Å². The van der Waals surface area contributed by atoms with Crippen LogP contribution in [0.1, 0.15) is 63.1 Å². The van der Waals surface area contributed by atoms with Crippen molar-refractivity contribution in [3.63, 3.8) is 0 Å². The number of nitrogens with zero attached hydrogens (tertiary/aromatic N) is 1. The van der Waals surface area contributed by atoms with Crippen molar-refractivity contribution in [3.05, 3.63) is 41.6 Å². The molecule has 0 radical (unpaired) electrons. The number of unbranched alkanes of at least 4 members (excludes halogenated alkanes) is 1. The monoisotopic (exact) mass is 382 g/mol. The summed E-state index contributed by atoms with van der Waals surface area (Å²) in [4.78, 5) is 12.2. The van der Waals surface area contributed by atoms with E-state index in [0.717, 1.165) is 30.8 Å². The minimum atomic E-state index is -0.359. The van der Waals surface area contributed by atoms with Crippen LogP contribution in [0, 0.1) is 19.8 Å². The number of hydrogen-bond acceptors (Lipinski definition) is 2. The van der Waals surface area contributed by atoms with Gasteiger partial charge in [-0.05, 0) is 44.6 Å². The maximum atomic E-state index is 12.2. The van der Waals surface area contributed by atoms with Crippen LogP contribution in [0.2, 0.25) is 0 Å². The number of ether oxygens (including phenoxy) is 1. The fourth-order valence-corrected chi connectivity index (χ4v) is 4.05. The molecule has 1 fully saturated rings. The molecular formula is C24H34N2O2. The normalized spacial score (nSPS) is 14.8. The highest BCUT2D eigenvalue weighted by atomic mass is 16.6. The summed E-state index contributed by atoms with van der Waals surface area (Å²) in [5.41, 5.74) is 4.59. The van der Waals surface area contributed by atoms with Gasteiger partial charge in [0.2, 0.25) is 0 Å². The molecule has 1 aliphatic carbocycles. The highest BCUT2D eigenvalue weighted by Crippen LogP contribution is 2.34. The molecule has 0 unspecified atom stereocenters. The molecule has 0 bridgehead atoms. The molecule has 1 amide bonds. The van der Waals surface area contributed by atoms with Gasteiger partial charge in [0.25, 0.3) is 0 Å². The summed E-state index contributed by atoms with van der Waals surface area (Å²) in [6.07, 6.45) is 8.25. The maximum absolute atomic E-state index is 12.2. The van der Waals surface area contributed by atoms with E-state index in [1.165, 1.54) is 43.2 Å². The van der Waals surface area contributed by atoms with E-state index in [2.05, 4.69) is 54.9 Å². The minimum absolute atomic E-state index is 0.359. The molecule has 0 saturated heterocycles. The van der Waals surface area contributed by atoms with Crippen LogP contribution in [0.4, 0.5) is 4.79 Å². The first kappa shape index (κ1) is 20.5. The first-order valence-electron chi connectivity index (χ1n) is 10.8. The topological polar surface area (TPSA) is 43.3 Å². The van der Waals surface area contributed by atoms with Gasteiger partial charge >= 0.3 is 6.09 Å². The van der Waals surface area contributed by atoms with Crippen molar-refractivity contribution in [2.45, 2.75) is 72.3 Å². The van der Waals surface area contributed by atoms with E-state index in [1.54, 1.807) is 0 Å². The predicted molar refractivity (Wildman–Crippen MR) is 115 cm³/mol. The van der Waals surface area contributed by atoms with Crippen molar-refractivity contribution >= 4 is 6.09 Å². The largest absolute Gasteiger partial charge is 0.412 e. The summed E-state index contributed by atoms with van der Waals surface area (Å²) in [6.45, 7) is 7.93. The van der Waals surface area contributed by atoms with E-state index in [1.807, 2.05) is 6.07 Å². The number of aromatic nitrogens is 1. The lowest BCUT2D eigenvalue weighted by molar-refractivity contribution is 0.200. The first-order valence-corrected chi connectivity index (χ1v) is 10.8. The fraction of sp³-hybridized carbons (Fsp3) is 0.542. The Morgan fingerprint density at radius 2 is 1.86 bits per heavy atom. The van der Waals surface area contributed by atoms with Gasteiger partial charge in [0, 0.05) is 19.2 Å². The van der Waals surface area contributed by atoms with Gasteiger partial charge in [-0.3, -0.25) is 0 Å². The van der Waals surface area contributed by atoms with Gasteiger partial charge in [0.1, 0.15) is 0 Å². The van der Waals surface area contributed by atoms with Crippen LogP contribution in [-0.4, -0.2) is 17.2 Å². The Morgan fingerprint density at radius 3 is 2.54 bits per heavy atom. The van der Waals surface area contributed by atoms with Gasteiger partial charge in [0.05, 0.1) is 11.4 Å². The molecular weight excluding hydrogens is 348 g/mol. The van der Waals surface area contributed by atoms with Crippen LogP contribution in [0.15, 0.2) is 30.3 Å². The SMILES string of the molecule is CCCCNC(=O)Oc1cc(-c2ccc(C)cc2)n(CC2CCCCC2)c1C. The summed E-state index contributed by atoms with van der Waals surface area (Å²) < 4.78 is 8.03. The van der Waals surface area contributed by atoms with Crippen LogP contribution in [0.25, 0.3) is 11.3 Å². The predicted octanol–water partition coefficient (Wildman–Crippen LogP) is 6.24. The Bertz CT molecular complexity index is 771. The van der Waals surface area contributed by atoms with Crippen molar-refractivity contribution in [3.8, 4) is 17.0 Å². The standard InChI is InChI=1S/C24H34N2O2/c1-4-5-15-25-24(27)28-23-16-22(21-13-11-18(2)12-14-21)26(19(23)3)17-20-9-7-6-8-10-20/h11-14,16,20H,4-10,15,17H2,1-3H3,(H,25,27). The third-order valence-electron chi connectivity index (χ3n) is 5.84. The average molecular weight is 383 g/mol. The zero-order valence-corrected chi connectivity index (χ0v) is 17.6. The Labute approximate surface area is 169 Å². The van der Waals surface area contributed by atoms with Crippen molar-refractivity contribution in [1.29, 1.82) is 0 Å². The van der Waals surface area contributed by atoms with Crippen LogP contribution < -0.4 is 10.1 Å². The van der Waals surface area contributed by atoms with E-state index >= 15 is 0 Å². The van der Waals surface area contributed by atoms with E-state index in [4.69, 9.17) is 4.74 Å². The number of benzene rings is 1. The molecule has 1 aromatic carbocycles. The molecule has 3 rings (SSSR count). The summed E-state index contributed by atoms with van der Waals surface area (Å²) in [5.74, 6) is 1.37. The molecule has 1 aromatic heterocycles. The number of hydrogen-bond donors (Lipinski definition) is 1. The quantitative estimate of drug-likeness (QED) is 0.576. The smallest absolute Gasteiger partial charge is 0.408 e. The zero-order valence-electron chi connectivity index (χ0n) is 17.6. The second-order valence-electron chi connectivity index (χ2n) is 8.13. The molecule has 28 heavy (non-hydrogen) atoms. The summed E-state index contributed by atoms with van der Waals surface area (Å²) in [7, 11) is 0. The number of aryl methyl sites for hydroxylation is 1. The molecule has 152 valence electrons. The number of rotatable bonds is 7. The van der Waals surface area contributed by atoms with Crippen LogP contribution >= 0.6 is 0 Å². The molecule has 1 saturated carbocycles. The molecule has 1 N–H and O–H groups in total. The molecule has 0 aliphatic heterocycles. The molecule has 4 heteroatoms. The Kier molecular flexibility index (Phi) is 7.18. The molecule has 0 spiro atoms. The van der Waals surface area contributed by atoms with Gasteiger partial charge in [0.15, 0.2) is 5.75 Å². The summed E-state index contributed by atoms with van der Waals surface area (Å²) in [5, 5.41) is 2.85. The number of nitrogens with one attached hydrogen (secondary N) is 1. The van der Waals surface area contributed by atoms with Gasteiger partial charge < -0.3 is 14.6 Å². The lowest BCUT2D eigenvalue weighted by atomic mass is 9.89. The minimum Gasteiger partial charge on any atom is -0.408 e. The second-order valence-corrected chi connectivity index (χ2v) is 8.13. The van der Waals surface area contributed by atoms with Crippen LogP contribution in [-0.2, 0) is 6.54 Å². The van der Waals surface area contributed by atoms with E-state index in [0.29, 0.717) is 18.2 Å². The second kappa shape index (κ2) is 9.81. The Balaban J connectivity index is 1.85. The third kappa shape index (κ3) is 5.18. The van der Waals surface area contributed by atoms with Crippen LogP contribution in [0.5, 0.6) is 5.75 Å². The first-order chi connectivity index (χ1) is 13.6. The maximum Gasteiger partial charge on any atom is 0.412 e. The summed E-state index contributed by atoms with van der Waals surface area (Å²) in [6, 6.07) is 10.6. The van der Waals surface area contributed by atoms with E-state index in [-0.39, 0.29) is 6.09 Å². The van der Waals surface area contributed by atoms with Crippen molar-refractivity contribution in [2.75, 3.05) is 6.54 Å². The van der Waals surface area contributed by atoms with Crippen molar-refractivity contribution in [1.82, 2.24) is 9.88 Å². The van der Waals surface area contributed by atoms with Crippen LogP contribution in [0.3, 0.4) is 0 Å². The molecule has 1 heterocycles. The summed E-state index contributed by atoms with van der Waals surface area (Å²) >= 11 is 0. The molecule has 4 nitrogen and oxygen atoms in total. The van der Waals surface area contributed by atoms with Gasteiger partial charge in [-0.2, -0.15) is 0 Å². The third-order valence-corrected chi connectivity index (χ3v) is 5.84. The zero-order chi connectivity index (χ0) is 19.9. The van der Waals surface area contributed by atoms with Crippen molar-refractivity contribution in [2.24, 2.45) is 5.92 Å². The fourth-order valence-electron chi connectivity index (χ4n) is 4.05. The van der Waals surface area contributed by atoms with Gasteiger partial charge in [-0.25, -0.2) is 4.79 Å². The van der Waals surface area contributed by atoms with Gasteiger partial charge in [-0.15, -0.1) is 0 Å². The Morgan fingerprint density at radius 1 is 1.14 bits per heavy atom.